The number of hydrogen-bond acceptors (Lipinski definition) is 5. The smallest absolute Gasteiger partial charge is 0.342 e. The largest absolute Gasteiger partial charge is 0.397 e. The average molecular weight is 383 g/mol. The van der Waals surface area contributed by atoms with Gasteiger partial charge in [-0.25, -0.2) is 9.67 Å². The Morgan fingerprint density at radius 2 is 1.89 bits per heavy atom. The Morgan fingerprint density at radius 3 is 2.48 bits per heavy atom. The van der Waals surface area contributed by atoms with Gasteiger partial charge in [0.05, 0.1) is 0 Å². The number of hydrogen-bond donors (Lipinski definition) is 0. The van der Waals surface area contributed by atoms with E-state index < -0.39 is 18.5 Å². The fraction of sp³-hybridized carbons (Fsp3) is 0.688. The lowest BCUT2D eigenvalue weighted by molar-refractivity contribution is -0.162. The van der Waals surface area contributed by atoms with Gasteiger partial charge < -0.3 is 9.47 Å². The molecule has 0 unspecified atom stereocenters. The van der Waals surface area contributed by atoms with Gasteiger partial charge in [-0.1, -0.05) is 0 Å². The quantitative estimate of drug-likeness (QED) is 0.788. The maximum Gasteiger partial charge on any atom is 0.397 e. The number of nitrogens with zero attached hydrogens (tertiary/aromatic N) is 7. The number of likely N-dealkylation sites (tertiary alicyclic amines) is 1. The van der Waals surface area contributed by atoms with Crippen LogP contribution in [-0.2, 0) is 11.3 Å². The molecular formula is C16H20F3N7O. The van der Waals surface area contributed by atoms with Crippen molar-refractivity contribution in [3.05, 3.63) is 24.3 Å². The van der Waals surface area contributed by atoms with E-state index in [9.17, 15) is 18.0 Å². The van der Waals surface area contributed by atoms with Gasteiger partial charge in [0, 0.05) is 25.0 Å². The van der Waals surface area contributed by atoms with Crippen molar-refractivity contribution >= 4 is 5.91 Å². The molecule has 4 rings (SSSR count). The number of aromatic nitrogens is 6. The van der Waals surface area contributed by atoms with Gasteiger partial charge >= 0.3 is 6.18 Å². The number of carbonyl (C=O) groups is 1. The van der Waals surface area contributed by atoms with Gasteiger partial charge in [0.15, 0.2) is 5.82 Å². The molecule has 0 bridgehead atoms. The maximum absolute atomic E-state index is 12.4. The van der Waals surface area contributed by atoms with Gasteiger partial charge in [0.25, 0.3) is 0 Å². The Kier molecular flexibility index (Phi) is 4.60. The topological polar surface area (TPSA) is 81.7 Å². The lowest BCUT2D eigenvalue weighted by atomic mass is 9.95. The van der Waals surface area contributed by atoms with Crippen molar-refractivity contribution in [2.24, 2.45) is 0 Å². The van der Waals surface area contributed by atoms with Crippen molar-refractivity contribution in [1.82, 2.24) is 34.4 Å². The lowest BCUT2D eigenvalue weighted by Gasteiger charge is -2.32. The van der Waals surface area contributed by atoms with Crippen molar-refractivity contribution in [2.75, 3.05) is 13.1 Å². The van der Waals surface area contributed by atoms with Crippen LogP contribution in [0.5, 0.6) is 0 Å². The van der Waals surface area contributed by atoms with Crippen LogP contribution in [0.15, 0.2) is 12.7 Å². The highest BCUT2D eigenvalue weighted by Crippen LogP contribution is 2.40. The van der Waals surface area contributed by atoms with Crippen molar-refractivity contribution in [2.45, 2.75) is 56.8 Å². The van der Waals surface area contributed by atoms with Crippen LogP contribution in [0.2, 0.25) is 0 Å². The molecule has 27 heavy (non-hydrogen) atoms. The Labute approximate surface area is 153 Å². The molecular weight excluding hydrogens is 363 g/mol. The van der Waals surface area contributed by atoms with Crippen LogP contribution in [-0.4, -0.2) is 59.6 Å². The molecule has 0 aromatic carbocycles. The van der Waals surface area contributed by atoms with Crippen molar-refractivity contribution < 1.29 is 18.0 Å². The molecule has 1 saturated heterocycles. The highest BCUT2D eigenvalue weighted by Gasteiger charge is 2.37. The third kappa shape index (κ3) is 4.11. The number of halogens is 3. The van der Waals surface area contributed by atoms with Gasteiger partial charge in [0.2, 0.25) is 5.91 Å². The summed E-state index contributed by atoms with van der Waals surface area (Å²) in [6.45, 7) is 1.11. The van der Waals surface area contributed by atoms with Crippen molar-refractivity contribution in [3.8, 4) is 0 Å². The second kappa shape index (κ2) is 6.93. The van der Waals surface area contributed by atoms with E-state index in [2.05, 4.69) is 24.8 Å². The zero-order valence-electron chi connectivity index (χ0n) is 14.6. The standard InChI is InChI=1S/C16H20F3N7O/c17-16(18,19)7-14(27)24-5-3-11(4-6-24)15-23-22-13(26(15)12-1-2-12)8-25-10-20-9-21-25/h9-12H,1-8H2. The van der Waals surface area contributed by atoms with Crippen LogP contribution in [0.1, 0.15) is 55.7 Å². The number of carbonyl (C=O) groups excluding carboxylic acids is 1. The van der Waals surface area contributed by atoms with E-state index in [1.807, 2.05) is 0 Å². The van der Waals surface area contributed by atoms with Gasteiger partial charge in [-0.3, -0.25) is 4.79 Å². The zero-order chi connectivity index (χ0) is 19.0. The van der Waals surface area contributed by atoms with E-state index in [0.29, 0.717) is 38.5 Å². The molecule has 3 heterocycles. The van der Waals surface area contributed by atoms with Crippen LogP contribution >= 0.6 is 0 Å². The number of rotatable bonds is 5. The summed E-state index contributed by atoms with van der Waals surface area (Å²) >= 11 is 0. The summed E-state index contributed by atoms with van der Waals surface area (Å²) in [7, 11) is 0. The normalized spacial score (nSPS) is 18.9. The fourth-order valence-electron chi connectivity index (χ4n) is 3.58. The third-order valence-electron chi connectivity index (χ3n) is 5.04. The molecule has 11 heteroatoms. The molecule has 0 atom stereocenters. The predicted molar refractivity (Wildman–Crippen MR) is 86.6 cm³/mol. The average Bonchev–Trinajstić information content (AvgIpc) is 3.15. The van der Waals surface area contributed by atoms with Crippen molar-refractivity contribution in [1.29, 1.82) is 0 Å². The van der Waals surface area contributed by atoms with E-state index in [4.69, 9.17) is 0 Å². The van der Waals surface area contributed by atoms with E-state index in [-0.39, 0.29) is 5.92 Å². The Morgan fingerprint density at radius 1 is 1.15 bits per heavy atom. The summed E-state index contributed by atoms with van der Waals surface area (Å²) in [5.41, 5.74) is 0. The molecule has 146 valence electrons. The predicted octanol–water partition coefficient (Wildman–Crippen LogP) is 1.91. The summed E-state index contributed by atoms with van der Waals surface area (Å²) < 4.78 is 41.1. The second-order valence-corrected chi connectivity index (χ2v) is 7.12. The molecule has 1 amide bonds. The van der Waals surface area contributed by atoms with Crippen molar-refractivity contribution in [3.63, 3.8) is 0 Å². The van der Waals surface area contributed by atoms with E-state index in [0.717, 1.165) is 24.5 Å². The van der Waals surface area contributed by atoms with Crippen LogP contribution < -0.4 is 0 Å². The first-order valence-corrected chi connectivity index (χ1v) is 9.01. The molecule has 1 aliphatic carbocycles. The van der Waals surface area contributed by atoms with Crippen LogP contribution in [0.25, 0.3) is 0 Å². The van der Waals surface area contributed by atoms with Gasteiger partial charge in [-0.05, 0) is 25.7 Å². The molecule has 8 nitrogen and oxygen atoms in total. The molecule has 2 aromatic heterocycles. The first-order valence-electron chi connectivity index (χ1n) is 9.01. The highest BCUT2D eigenvalue weighted by atomic mass is 19.4. The molecule has 2 aromatic rings. The zero-order valence-corrected chi connectivity index (χ0v) is 14.6. The van der Waals surface area contributed by atoms with E-state index in [1.54, 1.807) is 11.0 Å². The molecule has 1 saturated carbocycles. The Bertz CT molecular complexity index is 790. The summed E-state index contributed by atoms with van der Waals surface area (Å²) in [6.07, 6.45) is 0.559. The fourth-order valence-corrected chi connectivity index (χ4v) is 3.58. The summed E-state index contributed by atoms with van der Waals surface area (Å²) in [4.78, 5) is 17.0. The maximum atomic E-state index is 12.4. The molecule has 2 aliphatic rings. The number of amides is 1. The number of piperidine rings is 1. The summed E-state index contributed by atoms with van der Waals surface area (Å²) in [5, 5.41) is 12.8. The number of alkyl halides is 3. The van der Waals surface area contributed by atoms with E-state index in [1.165, 1.54) is 11.2 Å². The Balaban J connectivity index is 1.44. The minimum absolute atomic E-state index is 0.0949. The molecule has 2 fully saturated rings. The monoisotopic (exact) mass is 383 g/mol. The SMILES string of the molecule is O=C(CC(F)(F)F)N1CCC(c2nnc(Cn3cncn3)n2C2CC2)CC1. The van der Waals surface area contributed by atoms with E-state index >= 15 is 0 Å². The third-order valence-corrected chi connectivity index (χ3v) is 5.04. The van der Waals surface area contributed by atoms with Crippen LogP contribution in [0.4, 0.5) is 13.2 Å². The van der Waals surface area contributed by atoms with Crippen LogP contribution in [0, 0.1) is 0 Å². The second-order valence-electron chi connectivity index (χ2n) is 7.12. The van der Waals surface area contributed by atoms with Gasteiger partial charge in [-0.2, -0.15) is 18.3 Å². The summed E-state index contributed by atoms with van der Waals surface area (Å²) in [5.74, 6) is 0.929. The van der Waals surface area contributed by atoms with Gasteiger partial charge in [0.1, 0.15) is 31.4 Å². The molecule has 0 spiro atoms. The molecule has 0 radical (unpaired) electrons. The highest BCUT2D eigenvalue weighted by molar-refractivity contribution is 5.76. The van der Waals surface area contributed by atoms with Crippen LogP contribution in [0.3, 0.4) is 0 Å². The molecule has 0 N–H and O–H groups in total. The molecule has 1 aliphatic heterocycles. The first kappa shape index (κ1) is 17.9. The first-order chi connectivity index (χ1) is 12.9. The minimum Gasteiger partial charge on any atom is -0.342 e. The lowest BCUT2D eigenvalue weighted by Crippen LogP contribution is -2.40. The Hall–Kier alpha value is -2.46. The minimum atomic E-state index is -4.46. The van der Waals surface area contributed by atoms with Gasteiger partial charge in [-0.15, -0.1) is 10.2 Å². The summed E-state index contributed by atoms with van der Waals surface area (Å²) in [6, 6.07) is 0.374.